The van der Waals surface area contributed by atoms with Crippen LogP contribution in [-0.4, -0.2) is 15.6 Å². The molecule has 3 nitrogen and oxygen atoms in total. The fraction of sp³-hybridized carbons (Fsp3) is 0.615. The van der Waals surface area contributed by atoms with Crippen molar-refractivity contribution in [3.8, 4) is 0 Å². The summed E-state index contributed by atoms with van der Waals surface area (Å²) in [5.74, 6) is 0.414. The third-order valence-electron chi connectivity index (χ3n) is 4.02. The van der Waals surface area contributed by atoms with E-state index in [4.69, 9.17) is 5.11 Å². The number of nitrogens with zero attached hydrogens (tertiary/aromatic N) is 1. The summed E-state index contributed by atoms with van der Waals surface area (Å²) in [6.45, 7) is 4.50. The zero-order valence-corrected chi connectivity index (χ0v) is 9.89. The molecule has 0 aromatic carbocycles. The Morgan fingerprint density at radius 1 is 1.44 bits per heavy atom. The van der Waals surface area contributed by atoms with E-state index in [1.807, 2.05) is 16.8 Å². The zero-order valence-electron chi connectivity index (χ0n) is 9.89. The molecule has 0 radical (unpaired) electrons. The first kappa shape index (κ1) is 11.2. The van der Waals surface area contributed by atoms with Gasteiger partial charge in [0.15, 0.2) is 0 Å². The summed E-state index contributed by atoms with van der Waals surface area (Å²) in [6, 6.07) is 3.87. The molecule has 0 aliphatic heterocycles. The molecule has 1 aliphatic rings. The molecule has 3 atom stereocenters. The molecule has 0 amide bonds. The van der Waals surface area contributed by atoms with E-state index in [2.05, 4.69) is 13.8 Å². The lowest BCUT2D eigenvalue weighted by Crippen LogP contribution is -2.28. The summed E-state index contributed by atoms with van der Waals surface area (Å²) in [5.41, 5.74) is 0.422. The highest BCUT2D eigenvalue weighted by Gasteiger charge is 2.29. The molecule has 0 saturated heterocycles. The lowest BCUT2D eigenvalue weighted by molar-refractivity contribution is 0.0674. The minimum Gasteiger partial charge on any atom is -0.477 e. The van der Waals surface area contributed by atoms with Crippen LogP contribution in [0.15, 0.2) is 18.3 Å². The monoisotopic (exact) mass is 221 g/mol. The minimum absolute atomic E-state index is 0.352. The first-order valence-corrected chi connectivity index (χ1v) is 6.01. The van der Waals surface area contributed by atoms with Crippen LogP contribution < -0.4 is 0 Å². The van der Waals surface area contributed by atoms with Crippen LogP contribution in [-0.2, 0) is 0 Å². The van der Waals surface area contributed by atoms with Crippen molar-refractivity contribution in [2.75, 3.05) is 0 Å². The standard InChI is InChI=1S/C13H19NO2/c1-9-5-3-6-11(10(9)2)14-8-4-7-12(14)13(15)16/h4,7-11H,3,5-6H2,1-2H3,(H,15,16). The number of carboxylic acids is 1. The Morgan fingerprint density at radius 3 is 2.88 bits per heavy atom. The van der Waals surface area contributed by atoms with Crippen LogP contribution in [0, 0.1) is 11.8 Å². The van der Waals surface area contributed by atoms with Crippen LogP contribution >= 0.6 is 0 Å². The molecule has 1 aromatic heterocycles. The fourth-order valence-electron chi connectivity index (χ4n) is 2.81. The Bertz CT molecular complexity index is 383. The molecule has 3 unspecified atom stereocenters. The SMILES string of the molecule is CC1CCCC(n2cccc2C(=O)O)C1C. The van der Waals surface area contributed by atoms with Crippen LogP contribution in [0.25, 0.3) is 0 Å². The average Bonchev–Trinajstić information content (AvgIpc) is 2.70. The number of hydrogen-bond acceptors (Lipinski definition) is 1. The van der Waals surface area contributed by atoms with Crippen LogP contribution in [0.2, 0.25) is 0 Å². The van der Waals surface area contributed by atoms with Crippen molar-refractivity contribution in [2.45, 2.75) is 39.2 Å². The normalized spacial score (nSPS) is 30.2. The van der Waals surface area contributed by atoms with Crippen molar-refractivity contribution in [1.29, 1.82) is 0 Å². The van der Waals surface area contributed by atoms with Gasteiger partial charge in [-0.15, -0.1) is 0 Å². The van der Waals surface area contributed by atoms with Gasteiger partial charge >= 0.3 is 5.97 Å². The van der Waals surface area contributed by atoms with Gasteiger partial charge in [0.1, 0.15) is 5.69 Å². The van der Waals surface area contributed by atoms with Gasteiger partial charge in [0.2, 0.25) is 0 Å². The Morgan fingerprint density at radius 2 is 2.19 bits per heavy atom. The summed E-state index contributed by atoms with van der Waals surface area (Å²) in [5, 5.41) is 9.12. The highest BCUT2D eigenvalue weighted by atomic mass is 16.4. The average molecular weight is 221 g/mol. The topological polar surface area (TPSA) is 42.2 Å². The van der Waals surface area contributed by atoms with E-state index in [1.54, 1.807) is 6.07 Å². The number of aromatic carboxylic acids is 1. The second kappa shape index (κ2) is 4.32. The van der Waals surface area contributed by atoms with E-state index in [-0.39, 0.29) is 0 Å². The molecule has 88 valence electrons. The van der Waals surface area contributed by atoms with Crippen LogP contribution in [0.3, 0.4) is 0 Å². The molecule has 0 bridgehead atoms. The summed E-state index contributed by atoms with van der Waals surface area (Å²) in [6.07, 6.45) is 5.47. The smallest absolute Gasteiger partial charge is 0.352 e. The van der Waals surface area contributed by atoms with Gasteiger partial charge in [-0.05, 0) is 30.4 Å². The first-order chi connectivity index (χ1) is 7.61. The molecule has 1 aliphatic carbocycles. The quantitative estimate of drug-likeness (QED) is 0.833. The third kappa shape index (κ3) is 1.86. The van der Waals surface area contributed by atoms with Gasteiger partial charge in [-0.3, -0.25) is 0 Å². The largest absolute Gasteiger partial charge is 0.477 e. The number of carboxylic acid groups (broad SMARTS) is 1. The van der Waals surface area contributed by atoms with Gasteiger partial charge < -0.3 is 9.67 Å². The zero-order chi connectivity index (χ0) is 11.7. The van der Waals surface area contributed by atoms with E-state index in [1.165, 1.54) is 12.8 Å². The molecular weight excluding hydrogens is 202 g/mol. The van der Waals surface area contributed by atoms with Crippen molar-refractivity contribution < 1.29 is 9.90 Å². The van der Waals surface area contributed by atoms with E-state index in [0.29, 0.717) is 23.6 Å². The van der Waals surface area contributed by atoms with Gasteiger partial charge in [-0.1, -0.05) is 26.7 Å². The lowest BCUT2D eigenvalue weighted by atomic mass is 9.78. The molecule has 1 fully saturated rings. The molecular formula is C13H19NO2. The predicted octanol–water partition coefficient (Wildman–Crippen LogP) is 3.18. The van der Waals surface area contributed by atoms with E-state index in [0.717, 1.165) is 6.42 Å². The van der Waals surface area contributed by atoms with E-state index < -0.39 is 5.97 Å². The summed E-state index contributed by atoms with van der Waals surface area (Å²) >= 11 is 0. The Kier molecular flexibility index (Phi) is 3.03. The highest BCUT2D eigenvalue weighted by molar-refractivity contribution is 5.85. The Labute approximate surface area is 96.1 Å². The van der Waals surface area contributed by atoms with Gasteiger partial charge in [0, 0.05) is 12.2 Å². The Balaban J connectivity index is 2.29. The maximum Gasteiger partial charge on any atom is 0.352 e. The first-order valence-electron chi connectivity index (χ1n) is 6.01. The molecule has 1 heterocycles. The summed E-state index contributed by atoms with van der Waals surface area (Å²) in [7, 11) is 0. The second-order valence-electron chi connectivity index (χ2n) is 4.94. The van der Waals surface area contributed by atoms with Gasteiger partial charge in [0.05, 0.1) is 0 Å². The van der Waals surface area contributed by atoms with Crippen molar-refractivity contribution in [3.05, 3.63) is 24.0 Å². The Hall–Kier alpha value is -1.25. The maximum atomic E-state index is 11.1. The number of aromatic nitrogens is 1. The number of carbonyl (C=O) groups is 1. The van der Waals surface area contributed by atoms with Crippen molar-refractivity contribution in [2.24, 2.45) is 11.8 Å². The maximum absolute atomic E-state index is 11.1. The second-order valence-corrected chi connectivity index (χ2v) is 4.94. The van der Waals surface area contributed by atoms with Crippen molar-refractivity contribution in [3.63, 3.8) is 0 Å². The van der Waals surface area contributed by atoms with Gasteiger partial charge in [-0.2, -0.15) is 0 Å². The molecule has 3 heteroatoms. The molecule has 16 heavy (non-hydrogen) atoms. The van der Waals surface area contributed by atoms with Crippen LogP contribution in [0.5, 0.6) is 0 Å². The molecule has 1 aromatic rings. The highest BCUT2D eigenvalue weighted by Crippen LogP contribution is 2.38. The lowest BCUT2D eigenvalue weighted by Gasteiger charge is -2.35. The molecule has 2 rings (SSSR count). The molecule has 1 N–H and O–H groups in total. The minimum atomic E-state index is -0.824. The fourth-order valence-corrected chi connectivity index (χ4v) is 2.81. The van der Waals surface area contributed by atoms with Crippen molar-refractivity contribution >= 4 is 5.97 Å². The van der Waals surface area contributed by atoms with Gasteiger partial charge in [0.25, 0.3) is 0 Å². The summed E-state index contributed by atoms with van der Waals surface area (Å²) < 4.78 is 1.95. The predicted molar refractivity (Wildman–Crippen MR) is 62.6 cm³/mol. The number of rotatable bonds is 2. The van der Waals surface area contributed by atoms with Crippen molar-refractivity contribution in [1.82, 2.24) is 4.57 Å². The van der Waals surface area contributed by atoms with E-state index >= 15 is 0 Å². The molecule has 1 saturated carbocycles. The summed E-state index contributed by atoms with van der Waals surface area (Å²) in [4.78, 5) is 11.1. The van der Waals surface area contributed by atoms with Crippen LogP contribution in [0.4, 0.5) is 0 Å². The molecule has 0 spiro atoms. The number of hydrogen-bond donors (Lipinski definition) is 1. The third-order valence-corrected chi connectivity index (χ3v) is 4.02. The van der Waals surface area contributed by atoms with Crippen LogP contribution in [0.1, 0.15) is 49.6 Å². The van der Waals surface area contributed by atoms with Gasteiger partial charge in [-0.25, -0.2) is 4.79 Å². The van der Waals surface area contributed by atoms with E-state index in [9.17, 15) is 4.79 Å².